The maximum Gasteiger partial charge on any atom is 0.343 e. The van der Waals surface area contributed by atoms with Gasteiger partial charge in [0.1, 0.15) is 11.3 Å². The van der Waals surface area contributed by atoms with Crippen LogP contribution in [0.4, 0.5) is 0 Å². The Morgan fingerprint density at radius 1 is 1.30 bits per heavy atom. The third kappa shape index (κ3) is 3.77. The number of esters is 1. The molecular weight excluding hydrogens is 314 g/mol. The van der Waals surface area contributed by atoms with E-state index in [1.807, 2.05) is 23.4 Å². The molecule has 0 fully saturated rings. The molecule has 126 valence electrons. The molecule has 0 aromatic carbocycles. The molecule has 0 aliphatic carbocycles. The quantitative estimate of drug-likeness (QED) is 0.545. The van der Waals surface area contributed by atoms with E-state index >= 15 is 0 Å². The molecule has 6 nitrogen and oxygen atoms in total. The molecule has 0 aliphatic rings. The monoisotopic (exact) mass is 337 g/mol. The molecule has 0 spiro atoms. The fraction of sp³-hybridized carbons (Fsp3) is 0.562. The topological polar surface area (TPSA) is 66.2 Å². The zero-order valence-corrected chi connectivity index (χ0v) is 14.9. The van der Waals surface area contributed by atoms with Crippen molar-refractivity contribution in [3.63, 3.8) is 0 Å². The number of rotatable bonds is 8. The third-order valence-corrected chi connectivity index (χ3v) is 4.22. The van der Waals surface area contributed by atoms with E-state index in [1.54, 1.807) is 20.0 Å². The van der Waals surface area contributed by atoms with Gasteiger partial charge in [-0.25, -0.2) is 14.5 Å². The fourth-order valence-electron chi connectivity index (χ4n) is 2.37. The molecule has 0 saturated heterocycles. The second-order valence-corrected chi connectivity index (χ2v) is 6.25. The van der Waals surface area contributed by atoms with E-state index < -0.39 is 5.97 Å². The maximum absolute atomic E-state index is 12.2. The number of hydrogen-bond acceptors (Lipinski definition) is 6. The standard InChI is InChI=1S/C16H23N3O3S/c1-5-21-14-12-10-17-19(8-9-23-7-3)15(12)18-11(4)13(14)16(20)22-6-2/h10H,5-9H2,1-4H3. The predicted octanol–water partition coefficient (Wildman–Crippen LogP) is 3.07. The number of thioether (sulfide) groups is 1. The van der Waals surface area contributed by atoms with Crippen LogP contribution in [-0.4, -0.2) is 45.5 Å². The highest BCUT2D eigenvalue weighted by Gasteiger charge is 2.23. The lowest BCUT2D eigenvalue weighted by molar-refractivity contribution is 0.0521. The number of hydrogen-bond donors (Lipinski definition) is 0. The average Bonchev–Trinajstić information content (AvgIpc) is 2.91. The van der Waals surface area contributed by atoms with Crippen molar-refractivity contribution in [3.8, 4) is 5.75 Å². The van der Waals surface area contributed by atoms with Crippen LogP contribution in [0.3, 0.4) is 0 Å². The molecule has 0 N–H and O–H groups in total. The Balaban J connectivity index is 2.50. The van der Waals surface area contributed by atoms with Gasteiger partial charge in [0.15, 0.2) is 5.65 Å². The van der Waals surface area contributed by atoms with Gasteiger partial charge in [0.05, 0.1) is 37.0 Å². The van der Waals surface area contributed by atoms with Gasteiger partial charge in [0, 0.05) is 5.75 Å². The lowest BCUT2D eigenvalue weighted by Gasteiger charge is -2.13. The van der Waals surface area contributed by atoms with Crippen molar-refractivity contribution in [2.45, 2.75) is 34.2 Å². The van der Waals surface area contributed by atoms with Crippen LogP contribution in [0.5, 0.6) is 5.75 Å². The summed E-state index contributed by atoms with van der Waals surface area (Å²) in [5, 5.41) is 5.16. The molecule has 2 aromatic rings. The van der Waals surface area contributed by atoms with E-state index in [2.05, 4.69) is 17.0 Å². The van der Waals surface area contributed by atoms with Crippen LogP contribution >= 0.6 is 11.8 Å². The van der Waals surface area contributed by atoms with E-state index in [4.69, 9.17) is 9.47 Å². The Hall–Kier alpha value is -1.76. The van der Waals surface area contributed by atoms with Crippen molar-refractivity contribution in [1.82, 2.24) is 14.8 Å². The van der Waals surface area contributed by atoms with Crippen molar-refractivity contribution >= 4 is 28.8 Å². The van der Waals surface area contributed by atoms with Gasteiger partial charge in [-0.15, -0.1) is 0 Å². The number of aromatic nitrogens is 3. The summed E-state index contributed by atoms with van der Waals surface area (Å²) in [7, 11) is 0. The average molecular weight is 337 g/mol. The van der Waals surface area contributed by atoms with Crippen LogP contribution in [0.1, 0.15) is 36.8 Å². The van der Waals surface area contributed by atoms with Crippen molar-refractivity contribution in [2.24, 2.45) is 0 Å². The summed E-state index contributed by atoms with van der Waals surface area (Å²) in [5.41, 5.74) is 1.74. The summed E-state index contributed by atoms with van der Waals surface area (Å²) >= 11 is 1.85. The molecule has 0 bridgehead atoms. The van der Waals surface area contributed by atoms with Crippen molar-refractivity contribution in [2.75, 3.05) is 24.7 Å². The van der Waals surface area contributed by atoms with Gasteiger partial charge in [-0.1, -0.05) is 6.92 Å². The van der Waals surface area contributed by atoms with E-state index in [-0.39, 0.29) is 0 Å². The van der Waals surface area contributed by atoms with E-state index in [1.165, 1.54) is 0 Å². The van der Waals surface area contributed by atoms with Crippen molar-refractivity contribution in [1.29, 1.82) is 0 Å². The zero-order chi connectivity index (χ0) is 16.8. The molecule has 0 radical (unpaired) electrons. The normalized spacial score (nSPS) is 11.0. The predicted molar refractivity (Wildman–Crippen MR) is 92.4 cm³/mol. The molecule has 7 heteroatoms. The van der Waals surface area contributed by atoms with Gasteiger partial charge in [-0.3, -0.25) is 0 Å². The van der Waals surface area contributed by atoms with Crippen molar-refractivity contribution in [3.05, 3.63) is 17.5 Å². The van der Waals surface area contributed by atoms with Crippen LogP contribution in [0.2, 0.25) is 0 Å². The Labute approximate surface area is 140 Å². The lowest BCUT2D eigenvalue weighted by atomic mass is 10.1. The first-order valence-corrected chi connectivity index (χ1v) is 9.03. The number of aryl methyl sites for hydroxylation is 2. The van der Waals surface area contributed by atoms with Gasteiger partial charge in [-0.05, 0) is 26.5 Å². The number of fused-ring (bicyclic) bond motifs is 1. The smallest absolute Gasteiger partial charge is 0.343 e. The molecular formula is C16H23N3O3S. The summed E-state index contributed by atoms with van der Waals surface area (Å²) in [5.74, 6) is 2.15. The first-order valence-electron chi connectivity index (χ1n) is 7.87. The number of carbonyl (C=O) groups is 1. The molecule has 23 heavy (non-hydrogen) atoms. The first kappa shape index (κ1) is 17.6. The fourth-order valence-corrected chi connectivity index (χ4v) is 2.96. The van der Waals surface area contributed by atoms with E-state index in [0.717, 1.165) is 29.1 Å². The second-order valence-electron chi connectivity index (χ2n) is 4.86. The summed E-state index contributed by atoms with van der Waals surface area (Å²) in [6.07, 6.45) is 1.71. The van der Waals surface area contributed by atoms with Crippen LogP contribution in [0.25, 0.3) is 11.0 Å². The minimum atomic E-state index is -0.405. The van der Waals surface area contributed by atoms with Crippen LogP contribution in [-0.2, 0) is 11.3 Å². The molecule has 0 atom stereocenters. The maximum atomic E-state index is 12.2. The molecule has 0 amide bonds. The van der Waals surface area contributed by atoms with E-state index in [9.17, 15) is 4.79 Å². The van der Waals surface area contributed by atoms with Crippen LogP contribution in [0.15, 0.2) is 6.20 Å². The Morgan fingerprint density at radius 2 is 2.09 bits per heavy atom. The second kappa shape index (κ2) is 8.19. The summed E-state index contributed by atoms with van der Waals surface area (Å²) in [6.45, 7) is 9.15. The zero-order valence-electron chi connectivity index (χ0n) is 14.1. The van der Waals surface area contributed by atoms with Crippen molar-refractivity contribution < 1.29 is 14.3 Å². The highest BCUT2D eigenvalue weighted by molar-refractivity contribution is 7.99. The van der Waals surface area contributed by atoms with Crippen LogP contribution in [0, 0.1) is 6.92 Å². The highest BCUT2D eigenvalue weighted by atomic mass is 32.2. The number of nitrogens with zero attached hydrogens (tertiary/aromatic N) is 3. The number of ether oxygens (including phenoxy) is 2. The van der Waals surface area contributed by atoms with Gasteiger partial charge in [-0.2, -0.15) is 16.9 Å². The van der Waals surface area contributed by atoms with Gasteiger partial charge < -0.3 is 9.47 Å². The molecule has 2 rings (SSSR count). The molecule has 2 heterocycles. The molecule has 0 saturated carbocycles. The van der Waals surface area contributed by atoms with Crippen LogP contribution < -0.4 is 4.74 Å². The largest absolute Gasteiger partial charge is 0.492 e. The minimum Gasteiger partial charge on any atom is -0.492 e. The van der Waals surface area contributed by atoms with E-state index in [0.29, 0.717) is 30.2 Å². The van der Waals surface area contributed by atoms with Gasteiger partial charge in [0.2, 0.25) is 0 Å². The molecule has 0 unspecified atom stereocenters. The Bertz CT molecular complexity index is 685. The minimum absolute atomic E-state index is 0.315. The summed E-state index contributed by atoms with van der Waals surface area (Å²) in [4.78, 5) is 16.8. The summed E-state index contributed by atoms with van der Waals surface area (Å²) < 4.78 is 12.7. The van der Waals surface area contributed by atoms with Gasteiger partial charge in [0.25, 0.3) is 0 Å². The summed E-state index contributed by atoms with van der Waals surface area (Å²) in [6, 6.07) is 0. The van der Waals surface area contributed by atoms with Gasteiger partial charge >= 0.3 is 5.97 Å². The third-order valence-electron chi connectivity index (χ3n) is 3.34. The SMILES string of the molecule is CCOC(=O)c1c(C)nc2c(cnn2CCSCC)c1OCC. The molecule has 0 aliphatic heterocycles. The Morgan fingerprint density at radius 3 is 2.74 bits per heavy atom. The first-order chi connectivity index (χ1) is 11.1. The number of carbonyl (C=O) groups excluding carboxylic acids is 1. The molecule has 2 aromatic heterocycles. The highest BCUT2D eigenvalue weighted by Crippen LogP contribution is 2.31. The lowest BCUT2D eigenvalue weighted by Crippen LogP contribution is -2.12. The number of pyridine rings is 1. The Kier molecular flexibility index (Phi) is 6.27.